The van der Waals surface area contributed by atoms with E-state index in [9.17, 15) is 4.79 Å². The molecule has 96 valence electrons. The number of rotatable bonds is 4. The van der Waals surface area contributed by atoms with E-state index in [1.807, 2.05) is 0 Å². The second-order valence-corrected chi connectivity index (χ2v) is 3.95. The van der Waals surface area contributed by atoms with Crippen molar-refractivity contribution in [3.63, 3.8) is 0 Å². The molecule has 7 heteroatoms. The van der Waals surface area contributed by atoms with Crippen LogP contribution in [0.1, 0.15) is 24.9 Å². The fraction of sp³-hybridized carbons (Fsp3) is 0.400. The Morgan fingerprint density at radius 1 is 1.47 bits per heavy atom. The molecule has 0 radical (unpaired) electrons. The first kappa shape index (κ1) is 16.4. The summed E-state index contributed by atoms with van der Waals surface area (Å²) in [6.07, 6.45) is 2.92. The van der Waals surface area contributed by atoms with Gasteiger partial charge in [-0.15, -0.1) is 12.4 Å². The van der Waals surface area contributed by atoms with Crippen molar-refractivity contribution in [3.05, 3.63) is 28.0 Å². The van der Waals surface area contributed by atoms with E-state index in [1.165, 1.54) is 12.4 Å². The maximum atomic E-state index is 11.2. The average Bonchev–Trinajstić information content (AvgIpc) is 2.17. The molecule has 0 aliphatic heterocycles. The van der Waals surface area contributed by atoms with Crippen LogP contribution in [-0.2, 0) is 9.53 Å². The lowest BCUT2D eigenvalue weighted by Crippen LogP contribution is -2.18. The lowest BCUT2D eigenvalue weighted by molar-refractivity contribution is -0.143. The summed E-state index contributed by atoms with van der Waals surface area (Å²) in [6, 6.07) is -0.581. The van der Waals surface area contributed by atoms with Gasteiger partial charge in [-0.1, -0.05) is 23.2 Å². The summed E-state index contributed by atoms with van der Waals surface area (Å²) < 4.78 is 4.79. The van der Waals surface area contributed by atoms with Gasteiger partial charge in [0, 0.05) is 24.0 Å². The van der Waals surface area contributed by atoms with Crippen LogP contribution in [-0.4, -0.2) is 17.6 Å². The Kier molecular flexibility index (Phi) is 7.46. The maximum Gasteiger partial charge on any atom is 0.307 e. The van der Waals surface area contributed by atoms with Crippen molar-refractivity contribution >= 4 is 41.6 Å². The van der Waals surface area contributed by atoms with Crippen molar-refractivity contribution in [1.29, 1.82) is 0 Å². The van der Waals surface area contributed by atoms with Gasteiger partial charge < -0.3 is 10.5 Å². The third kappa shape index (κ3) is 4.68. The lowest BCUT2D eigenvalue weighted by atomic mass is 10.1. The highest BCUT2D eigenvalue weighted by Crippen LogP contribution is 2.29. The molecule has 2 N–H and O–H groups in total. The quantitative estimate of drug-likeness (QED) is 0.868. The van der Waals surface area contributed by atoms with E-state index < -0.39 is 6.04 Å². The van der Waals surface area contributed by atoms with E-state index in [-0.39, 0.29) is 24.8 Å². The first-order valence-corrected chi connectivity index (χ1v) is 5.52. The van der Waals surface area contributed by atoms with Crippen molar-refractivity contribution in [3.8, 4) is 0 Å². The van der Waals surface area contributed by atoms with Gasteiger partial charge in [0.1, 0.15) is 0 Å². The van der Waals surface area contributed by atoms with Crippen LogP contribution in [0.5, 0.6) is 0 Å². The topological polar surface area (TPSA) is 65.2 Å². The van der Waals surface area contributed by atoms with Crippen LogP contribution in [0.3, 0.4) is 0 Å². The van der Waals surface area contributed by atoms with Crippen LogP contribution in [0.25, 0.3) is 0 Å². The fourth-order valence-electron chi connectivity index (χ4n) is 1.28. The molecule has 1 aromatic rings. The summed E-state index contributed by atoms with van der Waals surface area (Å²) in [5.74, 6) is -0.376. The Hall–Kier alpha value is -0.550. The summed E-state index contributed by atoms with van der Waals surface area (Å²) in [5.41, 5.74) is 6.35. The van der Waals surface area contributed by atoms with Gasteiger partial charge in [0.15, 0.2) is 0 Å². The summed E-state index contributed by atoms with van der Waals surface area (Å²) in [7, 11) is 0. The first-order valence-electron chi connectivity index (χ1n) is 4.76. The van der Waals surface area contributed by atoms with E-state index >= 15 is 0 Å². The van der Waals surface area contributed by atoms with Gasteiger partial charge in [0.05, 0.1) is 23.1 Å². The van der Waals surface area contributed by atoms with Crippen LogP contribution >= 0.6 is 35.6 Å². The molecule has 0 amide bonds. The predicted octanol–water partition coefficient (Wildman–Crippen LogP) is 2.76. The van der Waals surface area contributed by atoms with Crippen molar-refractivity contribution < 1.29 is 9.53 Å². The summed E-state index contributed by atoms with van der Waals surface area (Å²) in [4.78, 5) is 15.1. The predicted molar refractivity (Wildman–Crippen MR) is 69.7 cm³/mol. The molecule has 17 heavy (non-hydrogen) atoms. The third-order valence-corrected chi connectivity index (χ3v) is 2.56. The summed E-state index contributed by atoms with van der Waals surface area (Å²) in [6.45, 7) is 2.05. The van der Waals surface area contributed by atoms with Crippen molar-refractivity contribution in [1.82, 2.24) is 4.98 Å². The van der Waals surface area contributed by atoms with E-state index in [0.717, 1.165) is 0 Å². The van der Waals surface area contributed by atoms with E-state index in [1.54, 1.807) is 6.92 Å². The molecule has 0 aromatic carbocycles. The zero-order valence-electron chi connectivity index (χ0n) is 9.15. The second kappa shape index (κ2) is 7.71. The highest BCUT2D eigenvalue weighted by atomic mass is 35.5. The molecule has 1 atom stereocenters. The van der Waals surface area contributed by atoms with Gasteiger partial charge in [-0.25, -0.2) is 0 Å². The minimum atomic E-state index is -0.581. The Morgan fingerprint density at radius 2 is 2.00 bits per heavy atom. The number of pyridine rings is 1. The molecular weight excluding hydrogens is 286 g/mol. The molecular formula is C10H13Cl3N2O2. The molecule has 0 saturated heterocycles. The van der Waals surface area contributed by atoms with Crippen LogP contribution in [0.2, 0.25) is 10.0 Å². The van der Waals surface area contributed by atoms with Gasteiger partial charge >= 0.3 is 5.97 Å². The summed E-state index contributed by atoms with van der Waals surface area (Å²) in [5, 5.41) is 0.702. The number of esters is 1. The average molecular weight is 300 g/mol. The van der Waals surface area contributed by atoms with Gasteiger partial charge in [-0.3, -0.25) is 9.78 Å². The monoisotopic (exact) mass is 298 g/mol. The van der Waals surface area contributed by atoms with E-state index in [0.29, 0.717) is 22.2 Å². The fourth-order valence-corrected chi connectivity index (χ4v) is 1.92. The number of nitrogens with two attached hydrogens (primary N) is 1. The van der Waals surface area contributed by atoms with Crippen molar-refractivity contribution in [2.45, 2.75) is 19.4 Å². The van der Waals surface area contributed by atoms with Crippen molar-refractivity contribution in [2.75, 3.05) is 6.61 Å². The van der Waals surface area contributed by atoms with Gasteiger partial charge in [-0.2, -0.15) is 0 Å². The molecule has 0 spiro atoms. The molecule has 0 aliphatic rings. The zero-order valence-corrected chi connectivity index (χ0v) is 11.5. The Balaban J connectivity index is 0.00000256. The first-order chi connectivity index (χ1) is 7.56. The number of carbonyl (C=O) groups is 1. The SMILES string of the molecule is CCOC(=O)C[C@H](N)c1c(Cl)cncc1Cl.Cl. The normalized spacial score (nSPS) is 11.5. The Morgan fingerprint density at radius 3 is 2.47 bits per heavy atom. The zero-order chi connectivity index (χ0) is 12.1. The number of halogens is 3. The van der Waals surface area contributed by atoms with Crippen LogP contribution in [0, 0.1) is 0 Å². The maximum absolute atomic E-state index is 11.2. The van der Waals surface area contributed by atoms with Gasteiger partial charge in [0.25, 0.3) is 0 Å². The highest BCUT2D eigenvalue weighted by molar-refractivity contribution is 6.35. The molecule has 0 bridgehead atoms. The number of hydrogen-bond donors (Lipinski definition) is 1. The smallest absolute Gasteiger partial charge is 0.307 e. The lowest BCUT2D eigenvalue weighted by Gasteiger charge is -2.13. The Labute approximate surface area is 116 Å². The van der Waals surface area contributed by atoms with Crippen LogP contribution in [0.15, 0.2) is 12.4 Å². The third-order valence-electron chi connectivity index (χ3n) is 1.95. The van der Waals surface area contributed by atoms with E-state index in [2.05, 4.69) is 4.98 Å². The van der Waals surface area contributed by atoms with Gasteiger partial charge in [0.2, 0.25) is 0 Å². The highest BCUT2D eigenvalue weighted by Gasteiger charge is 2.18. The molecule has 0 aliphatic carbocycles. The minimum absolute atomic E-state index is 0. The molecule has 0 fully saturated rings. The molecule has 1 heterocycles. The van der Waals surface area contributed by atoms with Crippen LogP contribution < -0.4 is 5.73 Å². The van der Waals surface area contributed by atoms with Crippen molar-refractivity contribution in [2.24, 2.45) is 5.73 Å². The van der Waals surface area contributed by atoms with E-state index in [4.69, 9.17) is 33.7 Å². The molecule has 1 rings (SSSR count). The second-order valence-electron chi connectivity index (χ2n) is 3.13. The largest absolute Gasteiger partial charge is 0.466 e. The number of aromatic nitrogens is 1. The molecule has 1 aromatic heterocycles. The number of nitrogens with zero attached hydrogens (tertiary/aromatic N) is 1. The standard InChI is InChI=1S/C10H12Cl2N2O2.ClH/c1-2-16-9(15)3-8(13)10-6(11)4-14-5-7(10)12;/h4-5,8H,2-3,13H2,1H3;1H/t8-;/m0./s1. The number of hydrogen-bond acceptors (Lipinski definition) is 4. The molecule has 0 saturated carbocycles. The van der Waals surface area contributed by atoms with Gasteiger partial charge in [-0.05, 0) is 6.92 Å². The molecule has 4 nitrogen and oxygen atoms in total. The minimum Gasteiger partial charge on any atom is -0.466 e. The number of carbonyl (C=O) groups excluding carboxylic acids is 1. The summed E-state index contributed by atoms with van der Waals surface area (Å²) >= 11 is 11.8. The number of ether oxygens (including phenoxy) is 1. The Bertz CT molecular complexity index is 368. The molecule has 0 unspecified atom stereocenters. The van der Waals surface area contributed by atoms with Crippen LogP contribution in [0.4, 0.5) is 0 Å².